The number of carbonyl (C=O) groups is 1. The lowest BCUT2D eigenvalue weighted by Gasteiger charge is -2.32. The van der Waals surface area contributed by atoms with Gasteiger partial charge in [-0.3, -0.25) is 4.79 Å². The van der Waals surface area contributed by atoms with Crippen LogP contribution in [0, 0.1) is 5.92 Å². The minimum Gasteiger partial charge on any atom is -0.349 e. The summed E-state index contributed by atoms with van der Waals surface area (Å²) in [5.41, 5.74) is 3.45. The Morgan fingerprint density at radius 3 is 2.95 bits per heavy atom. The Labute approximate surface area is 114 Å². The zero-order valence-corrected chi connectivity index (χ0v) is 11.5. The molecule has 3 rings (SSSR count). The van der Waals surface area contributed by atoms with Crippen molar-refractivity contribution in [2.75, 3.05) is 6.54 Å². The quantitative estimate of drug-likeness (QED) is 0.873. The molecule has 3 heteroatoms. The van der Waals surface area contributed by atoms with Crippen LogP contribution in [0.15, 0.2) is 18.2 Å². The summed E-state index contributed by atoms with van der Waals surface area (Å²) in [5, 5.41) is 6.50. The fraction of sp³-hybridized carbons (Fsp3) is 0.562. The molecule has 2 N–H and O–H groups in total. The highest BCUT2D eigenvalue weighted by Crippen LogP contribution is 2.29. The summed E-state index contributed by atoms with van der Waals surface area (Å²) >= 11 is 0. The van der Waals surface area contributed by atoms with Crippen LogP contribution in [-0.4, -0.2) is 18.5 Å². The van der Waals surface area contributed by atoms with E-state index < -0.39 is 0 Å². The number of carbonyl (C=O) groups excluding carboxylic acids is 1. The normalized spacial score (nSPS) is 20.3. The monoisotopic (exact) mass is 258 g/mol. The molecule has 1 atom stereocenters. The number of rotatable bonds is 3. The van der Waals surface area contributed by atoms with E-state index >= 15 is 0 Å². The van der Waals surface area contributed by atoms with Crippen LogP contribution in [-0.2, 0) is 13.0 Å². The molecule has 1 aliphatic heterocycles. The molecule has 1 amide bonds. The second-order valence-corrected chi connectivity index (χ2v) is 5.86. The first-order valence-electron chi connectivity index (χ1n) is 7.37. The maximum Gasteiger partial charge on any atom is 0.251 e. The van der Waals surface area contributed by atoms with Gasteiger partial charge in [0.1, 0.15) is 0 Å². The van der Waals surface area contributed by atoms with Crippen molar-refractivity contribution in [1.29, 1.82) is 0 Å². The number of amides is 1. The van der Waals surface area contributed by atoms with Gasteiger partial charge in [0.2, 0.25) is 0 Å². The molecule has 1 unspecified atom stereocenters. The smallest absolute Gasteiger partial charge is 0.251 e. The molecule has 0 bridgehead atoms. The Bertz CT molecular complexity index is 480. The van der Waals surface area contributed by atoms with Gasteiger partial charge in [-0.25, -0.2) is 0 Å². The Balaban J connectivity index is 1.69. The van der Waals surface area contributed by atoms with Crippen molar-refractivity contribution in [1.82, 2.24) is 10.6 Å². The molecule has 1 aromatic rings. The lowest BCUT2D eigenvalue weighted by Crippen LogP contribution is -2.40. The Morgan fingerprint density at radius 1 is 1.37 bits per heavy atom. The first-order chi connectivity index (χ1) is 9.24. The summed E-state index contributed by atoms with van der Waals surface area (Å²) in [4.78, 5) is 12.3. The molecule has 102 valence electrons. The van der Waals surface area contributed by atoms with E-state index in [9.17, 15) is 4.79 Å². The summed E-state index contributed by atoms with van der Waals surface area (Å²) in [6.07, 6.45) is 4.90. The molecule has 0 spiro atoms. The minimum absolute atomic E-state index is 0.0766. The van der Waals surface area contributed by atoms with Crippen LogP contribution in [0.25, 0.3) is 0 Å². The van der Waals surface area contributed by atoms with Crippen LogP contribution < -0.4 is 10.6 Å². The molecule has 0 aromatic heterocycles. The predicted molar refractivity (Wildman–Crippen MR) is 76.1 cm³/mol. The summed E-state index contributed by atoms with van der Waals surface area (Å²) in [5.74, 6) is 0.760. The van der Waals surface area contributed by atoms with Crippen LogP contribution in [0.2, 0.25) is 0 Å². The number of benzene rings is 1. The first kappa shape index (κ1) is 12.7. The average molecular weight is 258 g/mol. The van der Waals surface area contributed by atoms with Gasteiger partial charge in [-0.05, 0) is 61.9 Å². The van der Waals surface area contributed by atoms with Crippen molar-refractivity contribution in [3.05, 3.63) is 34.9 Å². The molecule has 1 aliphatic carbocycles. The number of hydrogen-bond acceptors (Lipinski definition) is 2. The van der Waals surface area contributed by atoms with Crippen molar-refractivity contribution < 1.29 is 4.79 Å². The average Bonchev–Trinajstić information content (AvgIpc) is 2.36. The Hall–Kier alpha value is -1.35. The van der Waals surface area contributed by atoms with Gasteiger partial charge in [-0.15, -0.1) is 0 Å². The van der Waals surface area contributed by atoms with Crippen LogP contribution in [0.1, 0.15) is 47.7 Å². The van der Waals surface area contributed by atoms with E-state index in [0.717, 1.165) is 25.1 Å². The second kappa shape index (κ2) is 5.33. The molecule has 1 fully saturated rings. The molecule has 2 aliphatic rings. The topological polar surface area (TPSA) is 41.1 Å². The highest BCUT2D eigenvalue weighted by molar-refractivity contribution is 5.94. The van der Waals surface area contributed by atoms with Gasteiger partial charge in [0, 0.05) is 18.2 Å². The molecule has 0 radical (unpaired) electrons. The third-order valence-electron chi connectivity index (χ3n) is 4.57. The van der Waals surface area contributed by atoms with Crippen LogP contribution >= 0.6 is 0 Å². The van der Waals surface area contributed by atoms with E-state index in [1.165, 1.54) is 30.4 Å². The van der Waals surface area contributed by atoms with Crippen molar-refractivity contribution in [3.63, 3.8) is 0 Å². The van der Waals surface area contributed by atoms with Crippen molar-refractivity contribution in [3.8, 4) is 0 Å². The standard InChI is InChI=1S/C16H22N2O/c1-11(12-3-2-4-12)18-16(19)14-6-5-13-7-8-17-10-15(13)9-14/h5-6,9,11-12,17H,2-4,7-8,10H2,1H3,(H,18,19). The van der Waals surface area contributed by atoms with Gasteiger partial charge < -0.3 is 10.6 Å². The zero-order valence-electron chi connectivity index (χ0n) is 11.5. The van der Waals surface area contributed by atoms with Crippen molar-refractivity contribution in [2.24, 2.45) is 5.92 Å². The van der Waals surface area contributed by atoms with Gasteiger partial charge in [0.05, 0.1) is 0 Å². The molecular weight excluding hydrogens is 236 g/mol. The van der Waals surface area contributed by atoms with Crippen LogP contribution in [0.5, 0.6) is 0 Å². The molecule has 1 saturated carbocycles. The van der Waals surface area contributed by atoms with E-state index in [1.54, 1.807) is 0 Å². The van der Waals surface area contributed by atoms with Crippen molar-refractivity contribution in [2.45, 2.75) is 45.2 Å². The SMILES string of the molecule is CC(NC(=O)c1ccc2c(c1)CNCC2)C1CCC1. The predicted octanol–water partition coefficient (Wildman–Crippen LogP) is 2.25. The highest BCUT2D eigenvalue weighted by Gasteiger charge is 2.25. The summed E-state index contributed by atoms with van der Waals surface area (Å²) in [6, 6.07) is 6.42. The molecule has 1 aromatic carbocycles. The summed E-state index contributed by atoms with van der Waals surface area (Å²) in [7, 11) is 0. The van der Waals surface area contributed by atoms with E-state index in [2.05, 4.69) is 23.6 Å². The number of hydrogen-bond donors (Lipinski definition) is 2. The Kier molecular flexibility index (Phi) is 3.56. The van der Waals surface area contributed by atoms with Crippen molar-refractivity contribution >= 4 is 5.91 Å². The van der Waals surface area contributed by atoms with Gasteiger partial charge in [-0.1, -0.05) is 12.5 Å². The van der Waals surface area contributed by atoms with Gasteiger partial charge in [0.15, 0.2) is 0 Å². The largest absolute Gasteiger partial charge is 0.349 e. The van der Waals surface area contributed by atoms with E-state index in [-0.39, 0.29) is 5.91 Å². The summed E-state index contributed by atoms with van der Waals surface area (Å²) in [6.45, 7) is 4.05. The van der Waals surface area contributed by atoms with E-state index in [1.807, 2.05) is 12.1 Å². The van der Waals surface area contributed by atoms with E-state index in [4.69, 9.17) is 0 Å². The van der Waals surface area contributed by atoms with Gasteiger partial charge in [0.25, 0.3) is 5.91 Å². The van der Waals surface area contributed by atoms with E-state index in [0.29, 0.717) is 12.0 Å². The number of nitrogens with one attached hydrogen (secondary N) is 2. The van der Waals surface area contributed by atoms with Gasteiger partial charge >= 0.3 is 0 Å². The molecule has 0 saturated heterocycles. The highest BCUT2D eigenvalue weighted by atomic mass is 16.1. The third kappa shape index (κ3) is 2.66. The fourth-order valence-corrected chi connectivity index (χ4v) is 2.97. The van der Waals surface area contributed by atoms with Gasteiger partial charge in [-0.2, -0.15) is 0 Å². The first-order valence-corrected chi connectivity index (χ1v) is 7.37. The Morgan fingerprint density at radius 2 is 2.21 bits per heavy atom. The van der Waals surface area contributed by atoms with Crippen LogP contribution in [0.3, 0.4) is 0 Å². The fourth-order valence-electron chi connectivity index (χ4n) is 2.97. The lowest BCUT2D eigenvalue weighted by atomic mass is 9.80. The molecule has 19 heavy (non-hydrogen) atoms. The lowest BCUT2D eigenvalue weighted by molar-refractivity contribution is 0.0909. The second-order valence-electron chi connectivity index (χ2n) is 5.86. The number of fused-ring (bicyclic) bond motifs is 1. The molecular formula is C16H22N2O. The minimum atomic E-state index is 0.0766. The van der Waals surface area contributed by atoms with Crippen LogP contribution in [0.4, 0.5) is 0 Å². The summed E-state index contributed by atoms with van der Waals surface area (Å²) < 4.78 is 0. The molecule has 3 nitrogen and oxygen atoms in total. The third-order valence-corrected chi connectivity index (χ3v) is 4.57. The maximum absolute atomic E-state index is 12.3. The zero-order chi connectivity index (χ0) is 13.2. The maximum atomic E-state index is 12.3. The molecule has 1 heterocycles.